The van der Waals surface area contributed by atoms with E-state index < -0.39 is 25.5 Å². The van der Waals surface area contributed by atoms with Gasteiger partial charge >= 0.3 is 0 Å². The molecule has 0 aliphatic carbocycles. The van der Waals surface area contributed by atoms with Crippen molar-refractivity contribution in [2.24, 2.45) is 5.41 Å². The largest absolute Gasteiger partial charge is 0.399 e. The summed E-state index contributed by atoms with van der Waals surface area (Å²) < 4.78 is 26.5. The summed E-state index contributed by atoms with van der Waals surface area (Å²) in [6.07, 6.45) is 0. The standard InChI is InChI=1S/C11H17N3O4S/c1-11(2,3)7-13-19(17,18)10-6-8(12)4-5-9(10)14(15)16/h4-6,13H,7,12H2,1-3H3. The van der Waals surface area contributed by atoms with Gasteiger partial charge in [0.25, 0.3) is 5.69 Å². The molecule has 0 unspecified atom stereocenters. The molecular weight excluding hydrogens is 270 g/mol. The summed E-state index contributed by atoms with van der Waals surface area (Å²) in [6.45, 7) is 5.72. The van der Waals surface area contributed by atoms with E-state index in [1.807, 2.05) is 20.8 Å². The van der Waals surface area contributed by atoms with Gasteiger partial charge in [0.05, 0.1) is 4.92 Å². The lowest BCUT2D eigenvalue weighted by Crippen LogP contribution is -2.32. The first-order chi connectivity index (χ1) is 8.53. The van der Waals surface area contributed by atoms with Gasteiger partial charge in [0, 0.05) is 18.3 Å². The Hall–Kier alpha value is -1.67. The maximum atomic E-state index is 12.1. The van der Waals surface area contributed by atoms with Crippen LogP contribution in [0.1, 0.15) is 20.8 Å². The normalized spacial score (nSPS) is 12.4. The van der Waals surface area contributed by atoms with Gasteiger partial charge in [0.1, 0.15) is 0 Å². The molecule has 7 nitrogen and oxygen atoms in total. The molecule has 0 heterocycles. The van der Waals surface area contributed by atoms with Crippen molar-refractivity contribution in [2.75, 3.05) is 12.3 Å². The fraction of sp³-hybridized carbons (Fsp3) is 0.455. The SMILES string of the molecule is CC(C)(C)CNS(=O)(=O)c1cc(N)ccc1[N+](=O)[O-]. The first-order valence-corrected chi connectivity index (χ1v) is 7.05. The molecule has 0 aliphatic heterocycles. The quantitative estimate of drug-likeness (QED) is 0.494. The summed E-state index contributed by atoms with van der Waals surface area (Å²) in [4.78, 5) is 9.69. The van der Waals surface area contributed by atoms with Gasteiger partial charge in [-0.15, -0.1) is 0 Å². The minimum atomic E-state index is -3.96. The van der Waals surface area contributed by atoms with Crippen molar-refractivity contribution in [1.29, 1.82) is 0 Å². The number of hydrogen-bond donors (Lipinski definition) is 2. The Morgan fingerprint density at radius 2 is 1.95 bits per heavy atom. The number of rotatable bonds is 4. The van der Waals surface area contributed by atoms with E-state index in [9.17, 15) is 18.5 Å². The van der Waals surface area contributed by atoms with Crippen LogP contribution >= 0.6 is 0 Å². The zero-order chi connectivity index (χ0) is 14.8. The van der Waals surface area contributed by atoms with Crippen molar-refractivity contribution in [3.63, 3.8) is 0 Å². The Labute approximate surface area is 112 Å². The predicted octanol–water partition coefficient (Wildman–Crippen LogP) is 1.50. The van der Waals surface area contributed by atoms with E-state index in [-0.39, 0.29) is 17.6 Å². The van der Waals surface area contributed by atoms with Crippen LogP contribution in [0.2, 0.25) is 0 Å². The van der Waals surface area contributed by atoms with E-state index in [4.69, 9.17) is 5.73 Å². The highest BCUT2D eigenvalue weighted by atomic mass is 32.2. The third kappa shape index (κ3) is 4.18. The van der Waals surface area contributed by atoms with Crippen LogP contribution in [0.4, 0.5) is 11.4 Å². The highest BCUT2D eigenvalue weighted by Crippen LogP contribution is 2.26. The minimum Gasteiger partial charge on any atom is -0.399 e. The number of benzene rings is 1. The van der Waals surface area contributed by atoms with Gasteiger partial charge in [0.15, 0.2) is 4.90 Å². The molecule has 1 rings (SSSR count). The topological polar surface area (TPSA) is 115 Å². The second-order valence-corrected chi connectivity index (χ2v) is 7.10. The van der Waals surface area contributed by atoms with Gasteiger partial charge in [-0.3, -0.25) is 10.1 Å². The first kappa shape index (κ1) is 15.4. The van der Waals surface area contributed by atoms with E-state index in [1.165, 1.54) is 6.07 Å². The van der Waals surface area contributed by atoms with Gasteiger partial charge in [-0.2, -0.15) is 0 Å². The molecular formula is C11H17N3O4S. The van der Waals surface area contributed by atoms with Crippen molar-refractivity contribution in [1.82, 2.24) is 4.72 Å². The molecule has 1 aromatic carbocycles. The molecule has 0 saturated carbocycles. The van der Waals surface area contributed by atoms with E-state index in [1.54, 1.807) is 0 Å². The second kappa shape index (κ2) is 5.14. The Morgan fingerprint density at radius 1 is 1.37 bits per heavy atom. The zero-order valence-electron chi connectivity index (χ0n) is 11.0. The van der Waals surface area contributed by atoms with Crippen LogP contribution in [0.25, 0.3) is 0 Å². The van der Waals surface area contributed by atoms with Gasteiger partial charge in [0.2, 0.25) is 10.0 Å². The summed E-state index contributed by atoms with van der Waals surface area (Å²) in [5, 5.41) is 10.9. The summed E-state index contributed by atoms with van der Waals surface area (Å²) in [7, 11) is -3.96. The molecule has 0 saturated heterocycles. The minimum absolute atomic E-state index is 0.154. The molecule has 0 bridgehead atoms. The molecule has 8 heteroatoms. The highest BCUT2D eigenvalue weighted by molar-refractivity contribution is 7.89. The summed E-state index contributed by atoms with van der Waals surface area (Å²) in [6, 6.07) is 3.46. The maximum absolute atomic E-state index is 12.1. The van der Waals surface area contributed by atoms with Crippen molar-refractivity contribution in [2.45, 2.75) is 25.7 Å². The van der Waals surface area contributed by atoms with Crippen LogP contribution in [0.3, 0.4) is 0 Å². The third-order valence-corrected chi connectivity index (χ3v) is 3.69. The summed E-state index contributed by atoms with van der Waals surface area (Å²) >= 11 is 0. The lowest BCUT2D eigenvalue weighted by atomic mass is 9.98. The number of hydrogen-bond acceptors (Lipinski definition) is 5. The third-order valence-electron chi connectivity index (χ3n) is 2.26. The predicted molar refractivity (Wildman–Crippen MR) is 72.2 cm³/mol. The monoisotopic (exact) mass is 287 g/mol. The van der Waals surface area contributed by atoms with Crippen molar-refractivity contribution in [3.05, 3.63) is 28.3 Å². The number of nitro groups is 1. The van der Waals surface area contributed by atoms with Crippen LogP contribution in [0, 0.1) is 15.5 Å². The number of nitrogen functional groups attached to an aromatic ring is 1. The van der Waals surface area contributed by atoms with E-state index in [2.05, 4.69) is 4.72 Å². The van der Waals surface area contributed by atoms with Crippen molar-refractivity contribution in [3.8, 4) is 0 Å². The number of nitrogens with zero attached hydrogens (tertiary/aromatic N) is 1. The van der Waals surface area contributed by atoms with Crippen LogP contribution in [-0.2, 0) is 10.0 Å². The average Bonchev–Trinajstić information content (AvgIpc) is 2.25. The number of nitro benzene ring substituents is 1. The van der Waals surface area contributed by atoms with Crippen LogP contribution in [0.15, 0.2) is 23.1 Å². The molecule has 106 valence electrons. The Bertz CT molecular complexity index is 590. The summed E-state index contributed by atoms with van der Waals surface area (Å²) in [5.41, 5.74) is 4.88. The molecule has 19 heavy (non-hydrogen) atoms. The fourth-order valence-electron chi connectivity index (χ4n) is 1.29. The van der Waals surface area contributed by atoms with Crippen LogP contribution < -0.4 is 10.5 Å². The van der Waals surface area contributed by atoms with E-state index in [0.29, 0.717) is 0 Å². The van der Waals surface area contributed by atoms with Gasteiger partial charge < -0.3 is 5.73 Å². The van der Waals surface area contributed by atoms with E-state index in [0.717, 1.165) is 12.1 Å². The molecule has 0 amide bonds. The molecule has 0 fully saturated rings. The average molecular weight is 287 g/mol. The van der Waals surface area contributed by atoms with Crippen molar-refractivity contribution < 1.29 is 13.3 Å². The molecule has 0 atom stereocenters. The number of sulfonamides is 1. The number of nitrogens with two attached hydrogens (primary N) is 1. The number of nitrogens with one attached hydrogen (secondary N) is 1. The highest BCUT2D eigenvalue weighted by Gasteiger charge is 2.27. The van der Waals surface area contributed by atoms with Gasteiger partial charge in [-0.05, 0) is 17.5 Å². The van der Waals surface area contributed by atoms with Crippen LogP contribution in [0.5, 0.6) is 0 Å². The lowest BCUT2D eigenvalue weighted by molar-refractivity contribution is -0.387. The van der Waals surface area contributed by atoms with Crippen molar-refractivity contribution >= 4 is 21.4 Å². The van der Waals surface area contributed by atoms with Gasteiger partial charge in [-0.25, -0.2) is 13.1 Å². The molecule has 0 spiro atoms. The molecule has 0 radical (unpaired) electrons. The smallest absolute Gasteiger partial charge is 0.289 e. The summed E-state index contributed by atoms with van der Waals surface area (Å²) in [5.74, 6) is 0. The Balaban J connectivity index is 3.21. The Morgan fingerprint density at radius 3 is 2.42 bits per heavy atom. The fourth-order valence-corrected chi connectivity index (χ4v) is 2.77. The lowest BCUT2D eigenvalue weighted by Gasteiger charge is -2.18. The zero-order valence-corrected chi connectivity index (χ0v) is 11.8. The molecule has 3 N–H and O–H groups in total. The van der Waals surface area contributed by atoms with E-state index >= 15 is 0 Å². The number of anilines is 1. The maximum Gasteiger partial charge on any atom is 0.289 e. The van der Waals surface area contributed by atoms with Crippen LogP contribution in [-0.4, -0.2) is 19.9 Å². The molecule has 0 aliphatic rings. The Kier molecular flexibility index (Phi) is 4.16. The molecule has 1 aromatic rings. The van der Waals surface area contributed by atoms with Gasteiger partial charge in [-0.1, -0.05) is 20.8 Å². The second-order valence-electron chi connectivity index (χ2n) is 5.37. The first-order valence-electron chi connectivity index (χ1n) is 5.56. The molecule has 0 aromatic heterocycles.